The molecule has 3 aromatic rings. The smallest absolute Gasteiger partial charge is 0.225 e. The van der Waals surface area contributed by atoms with Gasteiger partial charge in [-0.2, -0.15) is 5.10 Å². The van der Waals surface area contributed by atoms with E-state index in [1.807, 2.05) is 14.0 Å². The highest BCUT2D eigenvalue weighted by Gasteiger charge is 2.14. The minimum atomic E-state index is 0.0536. The van der Waals surface area contributed by atoms with Gasteiger partial charge in [0.15, 0.2) is 0 Å². The van der Waals surface area contributed by atoms with Crippen LogP contribution in [-0.4, -0.2) is 20.3 Å². The molecule has 132 valence electrons. The quantitative estimate of drug-likeness (QED) is 0.744. The van der Waals surface area contributed by atoms with Crippen LogP contribution in [0.15, 0.2) is 30.5 Å². The van der Waals surface area contributed by atoms with Gasteiger partial charge in [0.1, 0.15) is 5.82 Å². The second-order valence-electron chi connectivity index (χ2n) is 6.57. The predicted molar refractivity (Wildman–Crippen MR) is 102 cm³/mol. The molecule has 0 fully saturated rings. The number of aromatic nitrogens is 3. The molecule has 2 heterocycles. The van der Waals surface area contributed by atoms with Gasteiger partial charge in [0, 0.05) is 43.2 Å². The average Bonchev–Trinajstić information content (AvgIpc) is 3.04. The van der Waals surface area contributed by atoms with Crippen LogP contribution >= 0.6 is 0 Å². The molecule has 0 radical (unpaired) electrons. The summed E-state index contributed by atoms with van der Waals surface area (Å²) in [7, 11) is 3.94. The Morgan fingerprint density at radius 1 is 1.24 bits per heavy atom. The third-order valence-corrected chi connectivity index (χ3v) is 4.79. The van der Waals surface area contributed by atoms with Gasteiger partial charge < -0.3 is 9.88 Å². The average molecular weight is 338 g/mol. The van der Waals surface area contributed by atoms with E-state index >= 15 is 0 Å². The molecule has 5 nitrogen and oxygen atoms in total. The molecule has 0 aliphatic heterocycles. The fourth-order valence-electron chi connectivity index (χ4n) is 3.54. The Morgan fingerprint density at radius 2 is 2.00 bits per heavy atom. The molecule has 0 saturated carbocycles. The van der Waals surface area contributed by atoms with Crippen molar-refractivity contribution in [3.8, 4) is 0 Å². The number of fused-ring (bicyclic) bond motifs is 1. The Kier molecular flexibility index (Phi) is 4.93. The van der Waals surface area contributed by atoms with E-state index in [9.17, 15) is 4.79 Å². The van der Waals surface area contributed by atoms with E-state index in [1.54, 1.807) is 4.68 Å². The molecule has 25 heavy (non-hydrogen) atoms. The number of hydrogen-bond acceptors (Lipinski definition) is 2. The zero-order chi connectivity index (χ0) is 18.0. The molecule has 0 atom stereocenters. The van der Waals surface area contributed by atoms with Crippen LogP contribution < -0.4 is 5.32 Å². The van der Waals surface area contributed by atoms with Crippen LogP contribution in [0.25, 0.3) is 10.9 Å². The number of aryl methyl sites for hydroxylation is 4. The molecule has 0 saturated heterocycles. The van der Waals surface area contributed by atoms with Crippen molar-refractivity contribution in [1.82, 2.24) is 14.3 Å². The summed E-state index contributed by atoms with van der Waals surface area (Å²) in [5.41, 5.74) is 4.64. The number of anilines is 1. The summed E-state index contributed by atoms with van der Waals surface area (Å²) in [4.78, 5) is 12.3. The third kappa shape index (κ3) is 3.45. The van der Waals surface area contributed by atoms with Crippen molar-refractivity contribution in [3.63, 3.8) is 0 Å². The second kappa shape index (κ2) is 7.13. The lowest BCUT2D eigenvalue weighted by molar-refractivity contribution is -0.116. The van der Waals surface area contributed by atoms with Crippen molar-refractivity contribution in [2.45, 2.75) is 39.5 Å². The van der Waals surface area contributed by atoms with Crippen molar-refractivity contribution in [2.75, 3.05) is 5.32 Å². The number of amides is 1. The van der Waals surface area contributed by atoms with Gasteiger partial charge in [-0.05, 0) is 37.8 Å². The van der Waals surface area contributed by atoms with E-state index in [0.29, 0.717) is 6.42 Å². The lowest BCUT2D eigenvalue weighted by Gasteiger charge is -2.08. The van der Waals surface area contributed by atoms with Crippen LogP contribution in [-0.2, 0) is 31.7 Å². The molecule has 0 spiro atoms. The van der Waals surface area contributed by atoms with Crippen LogP contribution in [0.2, 0.25) is 0 Å². The first-order valence-corrected chi connectivity index (χ1v) is 8.86. The van der Waals surface area contributed by atoms with Crippen LogP contribution in [0.4, 0.5) is 5.82 Å². The Bertz CT molecular complexity index is 904. The molecule has 1 aromatic carbocycles. The van der Waals surface area contributed by atoms with Gasteiger partial charge in [-0.1, -0.05) is 25.1 Å². The van der Waals surface area contributed by atoms with E-state index in [-0.39, 0.29) is 5.91 Å². The fourth-order valence-corrected chi connectivity index (χ4v) is 3.54. The molecule has 1 amide bonds. The van der Waals surface area contributed by atoms with Crippen LogP contribution in [0.5, 0.6) is 0 Å². The number of rotatable bonds is 6. The molecule has 3 rings (SSSR count). The zero-order valence-electron chi connectivity index (χ0n) is 15.5. The number of nitrogens with zero attached hydrogens (tertiary/aromatic N) is 3. The molecule has 0 aliphatic carbocycles. The largest absolute Gasteiger partial charge is 0.350 e. The molecular formula is C20H26N4O. The summed E-state index contributed by atoms with van der Waals surface area (Å²) in [5, 5.41) is 8.71. The Hall–Kier alpha value is -2.56. The molecule has 2 aromatic heterocycles. The minimum absolute atomic E-state index is 0.0536. The fraction of sp³-hybridized carbons (Fsp3) is 0.400. The Labute approximate surface area is 148 Å². The maximum Gasteiger partial charge on any atom is 0.225 e. The molecule has 5 heteroatoms. The van der Waals surface area contributed by atoms with Crippen LogP contribution in [0.3, 0.4) is 0 Å². The summed E-state index contributed by atoms with van der Waals surface area (Å²) in [6.07, 6.45) is 5.28. The first kappa shape index (κ1) is 17.3. The van der Waals surface area contributed by atoms with Gasteiger partial charge >= 0.3 is 0 Å². The third-order valence-electron chi connectivity index (χ3n) is 4.79. The number of benzene rings is 1. The van der Waals surface area contributed by atoms with Crippen LogP contribution in [0.1, 0.15) is 36.6 Å². The Morgan fingerprint density at radius 3 is 2.76 bits per heavy atom. The summed E-state index contributed by atoms with van der Waals surface area (Å²) in [6.45, 7) is 4.06. The van der Waals surface area contributed by atoms with Crippen molar-refractivity contribution in [1.29, 1.82) is 0 Å². The maximum absolute atomic E-state index is 12.3. The summed E-state index contributed by atoms with van der Waals surface area (Å²) in [5.74, 6) is 0.882. The van der Waals surface area contributed by atoms with E-state index in [4.69, 9.17) is 0 Å². The molecule has 0 unspecified atom stereocenters. The van der Waals surface area contributed by atoms with E-state index in [2.05, 4.69) is 59.4 Å². The van der Waals surface area contributed by atoms with Gasteiger partial charge in [-0.25, -0.2) is 0 Å². The van der Waals surface area contributed by atoms with Crippen molar-refractivity contribution >= 4 is 22.6 Å². The zero-order valence-corrected chi connectivity index (χ0v) is 15.5. The van der Waals surface area contributed by atoms with Gasteiger partial charge in [0.25, 0.3) is 0 Å². The van der Waals surface area contributed by atoms with Crippen LogP contribution in [0, 0.1) is 6.92 Å². The highest BCUT2D eigenvalue weighted by Crippen LogP contribution is 2.22. The Balaban J connectivity index is 1.61. The second-order valence-corrected chi connectivity index (χ2v) is 6.57. The van der Waals surface area contributed by atoms with Gasteiger partial charge in [0.2, 0.25) is 5.91 Å². The lowest BCUT2D eigenvalue weighted by atomic mass is 10.1. The van der Waals surface area contributed by atoms with Crippen molar-refractivity contribution < 1.29 is 4.79 Å². The molecule has 1 N–H and O–H groups in total. The summed E-state index contributed by atoms with van der Waals surface area (Å²) < 4.78 is 3.91. The number of nitrogens with one attached hydrogen (secondary N) is 1. The number of hydrogen-bond donors (Lipinski definition) is 1. The van der Waals surface area contributed by atoms with Gasteiger partial charge in [-0.15, -0.1) is 0 Å². The first-order valence-electron chi connectivity index (χ1n) is 8.86. The lowest BCUT2D eigenvalue weighted by Crippen LogP contribution is -2.15. The number of carbonyl (C=O) groups excluding carboxylic acids is 1. The number of carbonyl (C=O) groups is 1. The topological polar surface area (TPSA) is 51.9 Å². The predicted octanol–water partition coefficient (Wildman–Crippen LogP) is 3.74. The van der Waals surface area contributed by atoms with E-state index in [0.717, 1.165) is 36.3 Å². The molecule has 0 bridgehead atoms. The highest BCUT2D eigenvalue weighted by atomic mass is 16.1. The van der Waals surface area contributed by atoms with E-state index in [1.165, 1.54) is 16.5 Å². The molecular weight excluding hydrogens is 312 g/mol. The van der Waals surface area contributed by atoms with Crippen molar-refractivity contribution in [3.05, 3.63) is 47.3 Å². The summed E-state index contributed by atoms with van der Waals surface area (Å²) in [6, 6.07) is 8.40. The first-order chi connectivity index (χ1) is 12.0. The van der Waals surface area contributed by atoms with E-state index < -0.39 is 0 Å². The van der Waals surface area contributed by atoms with Gasteiger partial charge in [-0.3, -0.25) is 9.48 Å². The van der Waals surface area contributed by atoms with Crippen molar-refractivity contribution in [2.24, 2.45) is 14.1 Å². The van der Waals surface area contributed by atoms with Gasteiger partial charge in [0.05, 0.1) is 5.69 Å². The minimum Gasteiger partial charge on any atom is -0.350 e. The SMILES string of the molecule is CCc1c(C)nn(C)c1NC(=O)CCCc1cn(C)c2ccccc12. The highest BCUT2D eigenvalue weighted by molar-refractivity contribution is 5.90. The normalized spacial score (nSPS) is 11.2. The maximum atomic E-state index is 12.3. The molecule has 0 aliphatic rings. The summed E-state index contributed by atoms with van der Waals surface area (Å²) >= 11 is 0. The monoisotopic (exact) mass is 338 g/mol. The standard InChI is InChI=1S/C20H26N4O/c1-5-16-14(2)22-24(4)20(16)21-19(25)12-8-9-15-13-23(3)18-11-7-6-10-17(15)18/h6-7,10-11,13H,5,8-9,12H2,1-4H3,(H,21,25). The number of para-hydroxylation sites is 1.